The molecule has 3 atom stereocenters. The van der Waals surface area contributed by atoms with E-state index in [1.807, 2.05) is 11.8 Å². The Balaban J connectivity index is 1.61. The number of nitrogens with two attached hydrogens (primary N) is 1. The van der Waals surface area contributed by atoms with Gasteiger partial charge in [-0.2, -0.15) is 11.8 Å². The Bertz CT molecular complexity index is 251. The molecule has 0 saturated carbocycles. The van der Waals surface area contributed by atoms with Crippen molar-refractivity contribution in [2.75, 3.05) is 12.4 Å². The first-order valence-corrected chi connectivity index (χ1v) is 6.94. The van der Waals surface area contributed by atoms with E-state index in [0.717, 1.165) is 19.5 Å². The molecular weight excluding hydrogens is 224 g/mol. The van der Waals surface area contributed by atoms with E-state index in [9.17, 15) is 4.79 Å². The fourth-order valence-corrected chi connectivity index (χ4v) is 4.03. The second kappa shape index (κ2) is 5.86. The molecule has 0 aromatic heterocycles. The summed E-state index contributed by atoms with van der Waals surface area (Å²) in [4.78, 5) is 10.9. The molecule has 0 unspecified atom stereocenters. The van der Waals surface area contributed by atoms with Crippen molar-refractivity contribution in [3.05, 3.63) is 0 Å². The molecule has 5 nitrogen and oxygen atoms in total. The molecule has 2 rings (SSSR count). The highest BCUT2D eigenvalue weighted by atomic mass is 32.2. The zero-order valence-electron chi connectivity index (χ0n) is 9.37. The molecule has 2 saturated heterocycles. The van der Waals surface area contributed by atoms with E-state index >= 15 is 0 Å². The minimum atomic E-state index is -0.0578. The van der Waals surface area contributed by atoms with Crippen LogP contribution < -0.4 is 21.9 Å². The first kappa shape index (κ1) is 12.2. The van der Waals surface area contributed by atoms with Gasteiger partial charge in [-0.1, -0.05) is 6.42 Å². The van der Waals surface area contributed by atoms with Crippen LogP contribution in [0.5, 0.6) is 0 Å². The van der Waals surface area contributed by atoms with Crippen molar-refractivity contribution in [2.45, 2.75) is 43.0 Å². The summed E-state index contributed by atoms with van der Waals surface area (Å²) < 4.78 is 0. The summed E-state index contributed by atoms with van der Waals surface area (Å²) in [5.41, 5.74) is 2.16. The molecule has 2 aliphatic rings. The van der Waals surface area contributed by atoms with Crippen molar-refractivity contribution in [1.82, 2.24) is 16.1 Å². The quantitative estimate of drug-likeness (QED) is 0.228. The SMILES string of the molecule is NNC(=O)CCCC[C@@H]1SC[C@@H]2NCN[C@@H]21. The number of hydrogen-bond donors (Lipinski definition) is 4. The Morgan fingerprint density at radius 2 is 2.31 bits per heavy atom. The van der Waals surface area contributed by atoms with E-state index in [0.29, 0.717) is 23.8 Å². The molecule has 0 aliphatic carbocycles. The average Bonchev–Trinajstić information content (AvgIpc) is 2.87. The number of thioether (sulfide) groups is 1. The highest BCUT2D eigenvalue weighted by Crippen LogP contribution is 2.32. The largest absolute Gasteiger partial charge is 0.299 e. The molecule has 5 N–H and O–H groups in total. The van der Waals surface area contributed by atoms with Gasteiger partial charge in [-0.05, 0) is 12.8 Å². The maximum Gasteiger partial charge on any atom is 0.233 e. The lowest BCUT2D eigenvalue weighted by Gasteiger charge is -2.16. The number of amides is 1. The molecule has 0 aromatic rings. The van der Waals surface area contributed by atoms with Crippen LogP contribution in [0.4, 0.5) is 0 Å². The number of unbranched alkanes of at least 4 members (excludes halogenated alkanes) is 1. The zero-order chi connectivity index (χ0) is 11.4. The van der Waals surface area contributed by atoms with Crippen LogP contribution in [-0.4, -0.2) is 35.7 Å². The monoisotopic (exact) mass is 244 g/mol. The van der Waals surface area contributed by atoms with E-state index in [1.165, 1.54) is 12.2 Å². The van der Waals surface area contributed by atoms with Crippen molar-refractivity contribution in [1.29, 1.82) is 0 Å². The van der Waals surface area contributed by atoms with Gasteiger partial charge in [0.2, 0.25) is 5.91 Å². The smallest absolute Gasteiger partial charge is 0.233 e. The Morgan fingerprint density at radius 3 is 3.12 bits per heavy atom. The predicted molar refractivity (Wildman–Crippen MR) is 65.8 cm³/mol. The minimum absolute atomic E-state index is 0.0578. The van der Waals surface area contributed by atoms with E-state index in [4.69, 9.17) is 5.84 Å². The molecule has 6 heteroatoms. The third kappa shape index (κ3) is 2.88. The van der Waals surface area contributed by atoms with Crippen LogP contribution in [0.2, 0.25) is 0 Å². The van der Waals surface area contributed by atoms with Gasteiger partial charge < -0.3 is 0 Å². The number of rotatable bonds is 5. The van der Waals surface area contributed by atoms with E-state index < -0.39 is 0 Å². The lowest BCUT2D eigenvalue weighted by atomic mass is 10.0. The molecule has 2 aliphatic heterocycles. The molecule has 92 valence electrons. The minimum Gasteiger partial charge on any atom is -0.299 e. The summed E-state index contributed by atoms with van der Waals surface area (Å²) in [6.07, 6.45) is 3.78. The Labute approximate surface area is 100 Å². The van der Waals surface area contributed by atoms with Crippen LogP contribution in [-0.2, 0) is 4.79 Å². The van der Waals surface area contributed by atoms with Crippen LogP contribution in [0.15, 0.2) is 0 Å². The molecule has 0 spiro atoms. The number of fused-ring (bicyclic) bond motifs is 1. The fraction of sp³-hybridized carbons (Fsp3) is 0.900. The van der Waals surface area contributed by atoms with Gasteiger partial charge in [-0.15, -0.1) is 0 Å². The van der Waals surface area contributed by atoms with E-state index in [-0.39, 0.29) is 5.91 Å². The van der Waals surface area contributed by atoms with Gasteiger partial charge in [0.05, 0.1) is 0 Å². The molecule has 0 aromatic carbocycles. The van der Waals surface area contributed by atoms with Gasteiger partial charge in [0, 0.05) is 36.2 Å². The second-order valence-electron chi connectivity index (χ2n) is 4.40. The number of carbonyl (C=O) groups excluding carboxylic acids is 1. The normalized spacial score (nSPS) is 32.7. The summed E-state index contributed by atoms with van der Waals surface area (Å²) >= 11 is 2.05. The lowest BCUT2D eigenvalue weighted by molar-refractivity contribution is -0.121. The molecule has 2 fully saturated rings. The van der Waals surface area contributed by atoms with Gasteiger partial charge in [0.25, 0.3) is 0 Å². The molecular formula is C10H20N4OS. The van der Waals surface area contributed by atoms with Crippen LogP contribution >= 0.6 is 11.8 Å². The third-order valence-corrected chi connectivity index (χ3v) is 4.84. The topological polar surface area (TPSA) is 79.2 Å². The Hall–Kier alpha value is -0.300. The fourth-order valence-electron chi connectivity index (χ4n) is 2.43. The summed E-state index contributed by atoms with van der Waals surface area (Å²) in [5, 5.41) is 7.66. The Morgan fingerprint density at radius 1 is 1.44 bits per heavy atom. The van der Waals surface area contributed by atoms with Crippen molar-refractivity contribution in [2.24, 2.45) is 5.84 Å². The van der Waals surface area contributed by atoms with Gasteiger partial charge >= 0.3 is 0 Å². The highest BCUT2D eigenvalue weighted by molar-refractivity contribution is 8.00. The van der Waals surface area contributed by atoms with Crippen molar-refractivity contribution in [3.63, 3.8) is 0 Å². The van der Waals surface area contributed by atoms with Crippen molar-refractivity contribution < 1.29 is 4.79 Å². The summed E-state index contributed by atoms with van der Waals surface area (Å²) in [7, 11) is 0. The second-order valence-corrected chi connectivity index (χ2v) is 5.67. The molecule has 0 radical (unpaired) electrons. The van der Waals surface area contributed by atoms with Crippen molar-refractivity contribution in [3.8, 4) is 0 Å². The molecule has 1 amide bonds. The average molecular weight is 244 g/mol. The van der Waals surface area contributed by atoms with Gasteiger partial charge in [0.1, 0.15) is 0 Å². The van der Waals surface area contributed by atoms with Crippen LogP contribution in [0.1, 0.15) is 25.7 Å². The molecule has 0 bridgehead atoms. The maximum absolute atomic E-state index is 10.9. The number of carbonyl (C=O) groups is 1. The molecule has 16 heavy (non-hydrogen) atoms. The van der Waals surface area contributed by atoms with Crippen LogP contribution in [0, 0.1) is 0 Å². The maximum atomic E-state index is 10.9. The lowest BCUT2D eigenvalue weighted by Crippen LogP contribution is -2.36. The van der Waals surface area contributed by atoms with Crippen molar-refractivity contribution >= 4 is 17.7 Å². The summed E-state index contributed by atoms with van der Waals surface area (Å²) in [6.45, 7) is 0.946. The summed E-state index contributed by atoms with van der Waals surface area (Å²) in [6, 6.07) is 1.29. The van der Waals surface area contributed by atoms with Gasteiger partial charge in [-0.25, -0.2) is 5.84 Å². The van der Waals surface area contributed by atoms with Crippen LogP contribution in [0.25, 0.3) is 0 Å². The standard InChI is InChI=1S/C10H20N4OS/c11-14-9(15)4-2-1-3-8-10-7(5-16-8)12-6-13-10/h7-8,10,12-13H,1-6,11H2,(H,14,15)/t7-,8-,10-/m0/s1. The number of hydrogen-bond acceptors (Lipinski definition) is 5. The number of nitrogens with one attached hydrogen (secondary N) is 3. The number of hydrazine groups is 1. The third-order valence-electron chi connectivity index (χ3n) is 3.33. The summed E-state index contributed by atoms with van der Waals surface area (Å²) in [5.74, 6) is 6.18. The van der Waals surface area contributed by atoms with E-state index in [1.54, 1.807) is 0 Å². The highest BCUT2D eigenvalue weighted by Gasteiger charge is 2.38. The first-order chi connectivity index (χ1) is 7.81. The van der Waals surface area contributed by atoms with Gasteiger partial charge in [-0.3, -0.25) is 20.9 Å². The van der Waals surface area contributed by atoms with E-state index in [2.05, 4.69) is 16.1 Å². The Kier molecular flexibility index (Phi) is 4.45. The molecule has 2 heterocycles. The van der Waals surface area contributed by atoms with Gasteiger partial charge in [0.15, 0.2) is 0 Å². The first-order valence-electron chi connectivity index (χ1n) is 5.89. The predicted octanol–water partition coefficient (Wildman–Crippen LogP) is -0.460. The zero-order valence-corrected chi connectivity index (χ0v) is 10.2. The van der Waals surface area contributed by atoms with Crippen LogP contribution in [0.3, 0.4) is 0 Å².